The van der Waals surface area contributed by atoms with Crippen LogP contribution in [0.25, 0.3) is 0 Å². The van der Waals surface area contributed by atoms with Crippen LogP contribution in [-0.2, 0) is 0 Å². The number of anilines is 1. The zero-order chi connectivity index (χ0) is 15.4. The molecule has 110 valence electrons. The molecule has 0 aliphatic rings. The number of nitrogen functional groups attached to an aromatic ring is 1. The predicted molar refractivity (Wildman–Crippen MR) is 75.5 cm³/mol. The van der Waals surface area contributed by atoms with Crippen molar-refractivity contribution in [2.75, 3.05) is 12.3 Å². The van der Waals surface area contributed by atoms with E-state index >= 15 is 0 Å². The third kappa shape index (κ3) is 3.42. The molecule has 2 aromatic carbocycles. The number of aromatic carboxylic acids is 1. The molecule has 5 nitrogen and oxygen atoms in total. The highest BCUT2D eigenvalue weighted by molar-refractivity contribution is 5.89. The zero-order valence-electron chi connectivity index (χ0n) is 11.3. The Labute approximate surface area is 120 Å². The van der Waals surface area contributed by atoms with Crippen molar-refractivity contribution in [2.45, 2.75) is 6.92 Å². The largest absolute Gasteiger partial charge is 0.494 e. The number of benzene rings is 2. The number of hydrogen-bond acceptors (Lipinski definition) is 4. The van der Waals surface area contributed by atoms with Crippen LogP contribution in [0.1, 0.15) is 17.3 Å². The van der Waals surface area contributed by atoms with Gasteiger partial charge in [0.05, 0.1) is 17.9 Å². The molecule has 0 atom stereocenters. The van der Waals surface area contributed by atoms with Crippen LogP contribution in [0.4, 0.5) is 10.1 Å². The van der Waals surface area contributed by atoms with Gasteiger partial charge in [-0.2, -0.15) is 0 Å². The second-order valence-corrected chi connectivity index (χ2v) is 4.18. The van der Waals surface area contributed by atoms with Gasteiger partial charge in [0.2, 0.25) is 0 Å². The summed E-state index contributed by atoms with van der Waals surface area (Å²) in [7, 11) is 0. The van der Waals surface area contributed by atoms with E-state index in [0.29, 0.717) is 18.1 Å². The Morgan fingerprint density at radius 3 is 2.67 bits per heavy atom. The van der Waals surface area contributed by atoms with Gasteiger partial charge in [-0.1, -0.05) is 6.07 Å². The molecule has 0 saturated heterocycles. The number of carboxylic acid groups (broad SMARTS) is 1. The van der Waals surface area contributed by atoms with Crippen LogP contribution >= 0.6 is 0 Å². The maximum absolute atomic E-state index is 13.6. The summed E-state index contributed by atoms with van der Waals surface area (Å²) in [6, 6.07) is 8.74. The van der Waals surface area contributed by atoms with Gasteiger partial charge in [-0.05, 0) is 25.1 Å². The summed E-state index contributed by atoms with van der Waals surface area (Å²) in [5, 5.41) is 8.81. The molecule has 2 aromatic rings. The topological polar surface area (TPSA) is 81.8 Å². The molecule has 0 aliphatic heterocycles. The van der Waals surface area contributed by atoms with Crippen molar-refractivity contribution in [3.8, 4) is 17.2 Å². The molecule has 0 spiro atoms. The monoisotopic (exact) mass is 291 g/mol. The second-order valence-electron chi connectivity index (χ2n) is 4.18. The minimum absolute atomic E-state index is 0.0376. The van der Waals surface area contributed by atoms with Crippen LogP contribution in [0.15, 0.2) is 36.4 Å². The fraction of sp³-hybridized carbons (Fsp3) is 0.133. The van der Waals surface area contributed by atoms with Gasteiger partial charge < -0.3 is 20.3 Å². The number of carbonyl (C=O) groups is 1. The van der Waals surface area contributed by atoms with Gasteiger partial charge in [0.15, 0.2) is 5.75 Å². The molecule has 6 heteroatoms. The minimum Gasteiger partial charge on any atom is -0.494 e. The quantitative estimate of drug-likeness (QED) is 0.826. The van der Waals surface area contributed by atoms with Crippen molar-refractivity contribution < 1.29 is 23.8 Å². The van der Waals surface area contributed by atoms with E-state index in [1.807, 2.05) is 6.92 Å². The fourth-order valence-electron chi connectivity index (χ4n) is 1.75. The van der Waals surface area contributed by atoms with Crippen molar-refractivity contribution in [3.05, 3.63) is 47.8 Å². The average Bonchev–Trinajstić information content (AvgIpc) is 2.43. The lowest BCUT2D eigenvalue weighted by Gasteiger charge is -2.11. The van der Waals surface area contributed by atoms with Crippen LogP contribution in [0.3, 0.4) is 0 Å². The first-order valence-electron chi connectivity index (χ1n) is 6.24. The Kier molecular flexibility index (Phi) is 4.27. The number of ether oxygens (including phenoxy) is 2. The summed E-state index contributed by atoms with van der Waals surface area (Å²) in [5.74, 6) is -1.23. The Hall–Kier alpha value is -2.76. The van der Waals surface area contributed by atoms with Gasteiger partial charge in [0, 0.05) is 12.1 Å². The van der Waals surface area contributed by atoms with Crippen LogP contribution in [0.2, 0.25) is 0 Å². The van der Waals surface area contributed by atoms with E-state index in [1.165, 1.54) is 0 Å². The maximum Gasteiger partial charge on any atom is 0.338 e. The molecule has 0 aliphatic carbocycles. The van der Waals surface area contributed by atoms with Crippen molar-refractivity contribution in [1.29, 1.82) is 0 Å². The van der Waals surface area contributed by atoms with Gasteiger partial charge in [-0.3, -0.25) is 0 Å². The van der Waals surface area contributed by atoms with E-state index in [9.17, 15) is 9.18 Å². The van der Waals surface area contributed by atoms with E-state index in [2.05, 4.69) is 0 Å². The van der Waals surface area contributed by atoms with Crippen LogP contribution in [-0.4, -0.2) is 17.7 Å². The standard InChI is InChI=1S/C15H14FNO4/c1-2-20-9-4-3-5-10(6-9)21-14-8-12(16)11(15(18)19)7-13(14)17/h3-8H,2,17H2,1H3,(H,18,19). The lowest BCUT2D eigenvalue weighted by Crippen LogP contribution is -2.03. The molecule has 2 rings (SSSR count). The van der Waals surface area contributed by atoms with Gasteiger partial charge in [0.1, 0.15) is 17.3 Å². The average molecular weight is 291 g/mol. The Bertz CT molecular complexity index is 673. The minimum atomic E-state index is -1.39. The number of nitrogens with two attached hydrogens (primary N) is 1. The SMILES string of the molecule is CCOc1cccc(Oc2cc(F)c(C(=O)O)cc2N)c1. The third-order valence-electron chi connectivity index (χ3n) is 2.67. The summed E-state index contributed by atoms with van der Waals surface area (Å²) in [5.41, 5.74) is 5.23. The van der Waals surface area contributed by atoms with Gasteiger partial charge in [0.25, 0.3) is 0 Å². The molecule has 0 unspecified atom stereocenters. The molecular weight excluding hydrogens is 277 g/mol. The Morgan fingerprint density at radius 2 is 2.00 bits per heavy atom. The van der Waals surface area contributed by atoms with Crippen LogP contribution < -0.4 is 15.2 Å². The second kappa shape index (κ2) is 6.13. The highest BCUT2D eigenvalue weighted by Gasteiger charge is 2.15. The molecule has 0 bridgehead atoms. The van der Waals surface area contributed by atoms with Gasteiger partial charge >= 0.3 is 5.97 Å². The first kappa shape index (κ1) is 14.6. The predicted octanol–water partition coefficient (Wildman–Crippen LogP) is 3.30. The summed E-state index contributed by atoms with van der Waals surface area (Å²) in [4.78, 5) is 10.8. The van der Waals surface area contributed by atoms with E-state index in [-0.39, 0.29) is 11.4 Å². The summed E-state index contributed by atoms with van der Waals surface area (Å²) >= 11 is 0. The number of rotatable bonds is 5. The smallest absolute Gasteiger partial charge is 0.338 e. The molecular formula is C15H14FNO4. The lowest BCUT2D eigenvalue weighted by molar-refractivity contribution is 0.0692. The molecule has 0 aromatic heterocycles. The zero-order valence-corrected chi connectivity index (χ0v) is 11.3. The Balaban J connectivity index is 2.29. The maximum atomic E-state index is 13.6. The molecule has 0 amide bonds. The van der Waals surface area contributed by atoms with Crippen molar-refractivity contribution in [2.24, 2.45) is 0 Å². The summed E-state index contributed by atoms with van der Waals surface area (Å²) < 4.78 is 24.4. The normalized spacial score (nSPS) is 10.2. The third-order valence-corrected chi connectivity index (χ3v) is 2.67. The summed E-state index contributed by atoms with van der Waals surface area (Å²) in [6.07, 6.45) is 0. The number of hydrogen-bond donors (Lipinski definition) is 2. The van der Waals surface area contributed by atoms with E-state index in [0.717, 1.165) is 12.1 Å². The van der Waals surface area contributed by atoms with E-state index in [4.69, 9.17) is 20.3 Å². The first-order chi connectivity index (χ1) is 10.0. The van der Waals surface area contributed by atoms with E-state index in [1.54, 1.807) is 24.3 Å². The lowest BCUT2D eigenvalue weighted by atomic mass is 10.1. The molecule has 21 heavy (non-hydrogen) atoms. The first-order valence-corrected chi connectivity index (χ1v) is 6.24. The highest BCUT2D eigenvalue weighted by atomic mass is 19.1. The van der Waals surface area contributed by atoms with Crippen molar-refractivity contribution in [1.82, 2.24) is 0 Å². The van der Waals surface area contributed by atoms with E-state index < -0.39 is 17.3 Å². The van der Waals surface area contributed by atoms with Crippen LogP contribution in [0, 0.1) is 5.82 Å². The molecule has 0 radical (unpaired) electrons. The van der Waals surface area contributed by atoms with Crippen LogP contribution in [0.5, 0.6) is 17.2 Å². The fourth-order valence-corrected chi connectivity index (χ4v) is 1.75. The molecule has 0 saturated carbocycles. The summed E-state index contributed by atoms with van der Waals surface area (Å²) in [6.45, 7) is 2.36. The molecule has 0 heterocycles. The van der Waals surface area contributed by atoms with Gasteiger partial charge in [-0.15, -0.1) is 0 Å². The number of carboxylic acids is 1. The highest BCUT2D eigenvalue weighted by Crippen LogP contribution is 2.31. The molecule has 0 fully saturated rings. The number of halogens is 1. The van der Waals surface area contributed by atoms with Gasteiger partial charge in [-0.25, -0.2) is 9.18 Å². The van der Waals surface area contributed by atoms with Crippen molar-refractivity contribution in [3.63, 3.8) is 0 Å². The Morgan fingerprint density at radius 1 is 1.29 bits per heavy atom. The van der Waals surface area contributed by atoms with Crippen molar-refractivity contribution >= 4 is 11.7 Å². The molecule has 3 N–H and O–H groups in total.